The second kappa shape index (κ2) is 8.10. The van der Waals surface area contributed by atoms with Gasteiger partial charge in [-0.25, -0.2) is 14.3 Å². The number of carbonyl (C=O) groups excluding carboxylic acids is 2. The van der Waals surface area contributed by atoms with Crippen LogP contribution in [0.4, 0.5) is 9.59 Å². The summed E-state index contributed by atoms with van der Waals surface area (Å²) in [5, 5.41) is 0. The van der Waals surface area contributed by atoms with Gasteiger partial charge in [0.25, 0.3) is 0 Å². The standard InChI is InChI=1S/C21H39N3O6S/c1-18(2,3)12-24(31(27,28)22-16(25)29-19(4,5)6)15-10-21(11-15)13-23(14-21)17(26)30-20(7,8)9/h15H,10-14H2,1-9H3,(H,22,25). The first-order valence-corrected chi connectivity index (χ1v) is 12.1. The monoisotopic (exact) mass is 461 g/mol. The van der Waals surface area contributed by atoms with Crippen LogP contribution in [0.1, 0.15) is 75.2 Å². The van der Waals surface area contributed by atoms with Crippen molar-refractivity contribution < 1.29 is 27.5 Å². The van der Waals surface area contributed by atoms with E-state index in [0.29, 0.717) is 25.9 Å². The Hall–Kier alpha value is -1.55. The number of nitrogens with one attached hydrogen (secondary N) is 1. The second-order valence-electron chi connectivity index (χ2n) is 12.1. The zero-order valence-electron chi connectivity index (χ0n) is 20.4. The number of nitrogens with zero attached hydrogens (tertiary/aromatic N) is 2. The fourth-order valence-corrected chi connectivity index (χ4v) is 5.43. The molecule has 1 saturated heterocycles. The zero-order valence-corrected chi connectivity index (χ0v) is 21.2. The van der Waals surface area contributed by atoms with Crippen LogP contribution in [0.15, 0.2) is 0 Å². The van der Waals surface area contributed by atoms with Crippen molar-refractivity contribution in [2.45, 2.75) is 92.4 Å². The lowest BCUT2D eigenvalue weighted by Gasteiger charge is -2.60. The molecule has 2 fully saturated rings. The zero-order chi connectivity index (χ0) is 24.0. The minimum absolute atomic E-state index is 0.0842. The van der Waals surface area contributed by atoms with Crippen LogP contribution >= 0.6 is 0 Å². The summed E-state index contributed by atoms with van der Waals surface area (Å²) in [5.41, 5.74) is -1.73. The smallest absolute Gasteiger partial charge is 0.422 e. The number of ether oxygens (including phenoxy) is 2. The van der Waals surface area contributed by atoms with Gasteiger partial charge in [-0.15, -0.1) is 0 Å². The molecule has 10 heteroatoms. The Morgan fingerprint density at radius 1 is 0.968 bits per heavy atom. The molecule has 180 valence electrons. The lowest BCUT2D eigenvalue weighted by molar-refractivity contribution is -0.0973. The van der Waals surface area contributed by atoms with E-state index >= 15 is 0 Å². The fourth-order valence-electron chi connectivity index (χ4n) is 3.96. The van der Waals surface area contributed by atoms with Crippen LogP contribution in [0.25, 0.3) is 0 Å². The molecule has 0 bridgehead atoms. The van der Waals surface area contributed by atoms with Crippen molar-refractivity contribution in [3.63, 3.8) is 0 Å². The minimum atomic E-state index is -4.07. The van der Waals surface area contributed by atoms with E-state index in [9.17, 15) is 18.0 Å². The maximum absolute atomic E-state index is 13.0. The maximum atomic E-state index is 13.0. The van der Waals surface area contributed by atoms with Crippen LogP contribution in [0.2, 0.25) is 0 Å². The van der Waals surface area contributed by atoms with Crippen molar-refractivity contribution in [2.24, 2.45) is 10.8 Å². The van der Waals surface area contributed by atoms with Crippen molar-refractivity contribution in [2.75, 3.05) is 19.6 Å². The average molecular weight is 462 g/mol. The minimum Gasteiger partial charge on any atom is -0.444 e. The number of rotatable bonds is 4. The highest BCUT2D eigenvalue weighted by atomic mass is 32.2. The largest absolute Gasteiger partial charge is 0.444 e. The van der Waals surface area contributed by atoms with Gasteiger partial charge in [0.15, 0.2) is 0 Å². The average Bonchev–Trinajstić information content (AvgIpc) is 2.36. The van der Waals surface area contributed by atoms with Crippen molar-refractivity contribution in [3.05, 3.63) is 0 Å². The summed E-state index contributed by atoms with van der Waals surface area (Å²) in [7, 11) is -4.07. The van der Waals surface area contributed by atoms with Crippen molar-refractivity contribution >= 4 is 22.4 Å². The summed E-state index contributed by atoms with van der Waals surface area (Å²) >= 11 is 0. The molecule has 1 saturated carbocycles. The van der Waals surface area contributed by atoms with Crippen molar-refractivity contribution in [1.29, 1.82) is 0 Å². The predicted octanol–water partition coefficient (Wildman–Crippen LogP) is 3.50. The summed E-state index contributed by atoms with van der Waals surface area (Å²) < 4.78 is 40.0. The van der Waals surface area contributed by atoms with Crippen LogP contribution in [0.3, 0.4) is 0 Å². The number of likely N-dealkylation sites (tertiary alicyclic amines) is 1. The quantitative estimate of drug-likeness (QED) is 0.687. The molecule has 2 aliphatic rings. The summed E-state index contributed by atoms with van der Waals surface area (Å²) in [4.78, 5) is 26.0. The van der Waals surface area contributed by atoms with Crippen LogP contribution in [-0.4, -0.2) is 66.7 Å². The molecule has 2 amide bonds. The van der Waals surface area contributed by atoms with E-state index in [0.717, 1.165) is 0 Å². The molecule has 0 aromatic rings. The predicted molar refractivity (Wildman–Crippen MR) is 118 cm³/mol. The first kappa shape index (κ1) is 25.7. The van der Waals surface area contributed by atoms with E-state index in [-0.39, 0.29) is 29.5 Å². The van der Waals surface area contributed by atoms with Crippen LogP contribution in [0, 0.1) is 10.8 Å². The number of carbonyl (C=O) groups is 2. The Morgan fingerprint density at radius 3 is 1.87 bits per heavy atom. The third-order valence-corrected chi connectivity index (χ3v) is 6.47. The summed E-state index contributed by atoms with van der Waals surface area (Å²) in [6.45, 7) is 17.7. The molecule has 9 nitrogen and oxygen atoms in total. The Bertz CT molecular complexity index is 790. The van der Waals surface area contributed by atoms with E-state index in [1.54, 1.807) is 25.7 Å². The Labute approximate surface area is 187 Å². The summed E-state index contributed by atoms with van der Waals surface area (Å²) in [6, 6.07) is -0.236. The molecular formula is C21H39N3O6S. The maximum Gasteiger partial charge on any atom is 0.422 e. The SMILES string of the molecule is CC(C)(C)CN(C1CC2(C1)CN(C(=O)OC(C)(C)C)C2)S(=O)(=O)NC(=O)OC(C)(C)C. The highest BCUT2D eigenvalue weighted by Gasteiger charge is 2.57. The molecule has 1 heterocycles. The van der Waals surface area contributed by atoms with Crippen LogP contribution in [-0.2, 0) is 19.7 Å². The summed E-state index contributed by atoms with van der Waals surface area (Å²) in [6.07, 6.45) is -0.0533. The van der Waals surface area contributed by atoms with Crippen molar-refractivity contribution in [3.8, 4) is 0 Å². The molecular weight excluding hydrogens is 422 g/mol. The van der Waals surface area contributed by atoms with Gasteiger partial charge in [0.2, 0.25) is 0 Å². The third kappa shape index (κ3) is 7.24. The van der Waals surface area contributed by atoms with Gasteiger partial charge in [0, 0.05) is 31.1 Å². The number of hydrogen-bond donors (Lipinski definition) is 1. The molecule has 0 atom stereocenters. The Kier molecular flexibility index (Phi) is 6.72. The second-order valence-corrected chi connectivity index (χ2v) is 13.7. The van der Waals surface area contributed by atoms with E-state index in [1.807, 2.05) is 41.5 Å². The van der Waals surface area contributed by atoms with E-state index in [2.05, 4.69) is 4.72 Å². The van der Waals surface area contributed by atoms with Crippen molar-refractivity contribution in [1.82, 2.24) is 13.9 Å². The van der Waals surface area contributed by atoms with E-state index in [4.69, 9.17) is 9.47 Å². The van der Waals surface area contributed by atoms with E-state index in [1.165, 1.54) is 4.31 Å². The first-order chi connectivity index (χ1) is 13.7. The lowest BCUT2D eigenvalue weighted by atomic mass is 9.60. The Morgan fingerprint density at radius 2 is 1.45 bits per heavy atom. The number of hydrogen-bond acceptors (Lipinski definition) is 6. The van der Waals surface area contributed by atoms with Crippen LogP contribution in [0.5, 0.6) is 0 Å². The van der Waals surface area contributed by atoms with Crippen LogP contribution < -0.4 is 4.72 Å². The van der Waals surface area contributed by atoms with Gasteiger partial charge < -0.3 is 14.4 Å². The molecule has 0 aromatic heterocycles. The molecule has 31 heavy (non-hydrogen) atoms. The van der Waals surface area contributed by atoms with E-state index < -0.39 is 27.5 Å². The topological polar surface area (TPSA) is 105 Å². The first-order valence-electron chi connectivity index (χ1n) is 10.7. The molecule has 0 radical (unpaired) electrons. The molecule has 1 spiro atoms. The number of amides is 2. The van der Waals surface area contributed by atoms with Gasteiger partial charge in [-0.1, -0.05) is 20.8 Å². The highest BCUT2D eigenvalue weighted by molar-refractivity contribution is 7.87. The molecule has 0 unspecified atom stereocenters. The van der Waals surface area contributed by atoms with Gasteiger partial charge >= 0.3 is 22.4 Å². The third-order valence-electron chi connectivity index (χ3n) is 5.00. The molecule has 1 aliphatic carbocycles. The van der Waals surface area contributed by atoms with Gasteiger partial charge in [-0.05, 0) is 59.8 Å². The molecule has 1 aliphatic heterocycles. The fraction of sp³-hybridized carbons (Fsp3) is 0.905. The van der Waals surface area contributed by atoms with Gasteiger partial charge in [0.05, 0.1) is 0 Å². The van der Waals surface area contributed by atoms with Gasteiger partial charge in [-0.2, -0.15) is 12.7 Å². The normalized spacial score (nSPS) is 19.6. The summed E-state index contributed by atoms with van der Waals surface area (Å²) in [5.74, 6) is 0. The molecule has 2 rings (SSSR count). The molecule has 1 N–H and O–H groups in total. The van der Waals surface area contributed by atoms with Gasteiger partial charge in [0.1, 0.15) is 11.2 Å². The molecule has 0 aromatic carbocycles. The van der Waals surface area contributed by atoms with Gasteiger partial charge in [-0.3, -0.25) is 0 Å². The highest BCUT2D eigenvalue weighted by Crippen LogP contribution is 2.51. The lowest BCUT2D eigenvalue weighted by Crippen LogP contribution is -2.69. The Balaban J connectivity index is 2.02.